The van der Waals surface area contributed by atoms with Crippen LogP contribution in [0.3, 0.4) is 0 Å². The van der Waals surface area contributed by atoms with Crippen LogP contribution in [-0.2, 0) is 0 Å². The van der Waals surface area contributed by atoms with Crippen molar-refractivity contribution in [3.8, 4) is 0 Å². The van der Waals surface area contributed by atoms with E-state index >= 15 is 0 Å². The van der Waals surface area contributed by atoms with Crippen LogP contribution < -0.4 is 5.32 Å². The molecule has 3 nitrogen and oxygen atoms in total. The Kier molecular flexibility index (Phi) is 3.23. The topological polar surface area (TPSA) is 41.5 Å². The summed E-state index contributed by atoms with van der Waals surface area (Å²) in [6.07, 6.45) is 3.98. The lowest BCUT2D eigenvalue weighted by Gasteiger charge is -2.16. The second-order valence-electron chi connectivity index (χ2n) is 2.77. The minimum absolute atomic E-state index is 0.0946. The van der Waals surface area contributed by atoms with Crippen LogP contribution in [0, 0.1) is 4.91 Å². The van der Waals surface area contributed by atoms with Gasteiger partial charge in [0.05, 0.1) is 0 Å². The Morgan fingerprint density at radius 2 is 2.64 bits per heavy atom. The normalized spacial score (nSPS) is 20.6. The van der Waals surface area contributed by atoms with E-state index in [0.717, 1.165) is 31.5 Å². The molecule has 0 radical (unpaired) electrons. The summed E-state index contributed by atoms with van der Waals surface area (Å²) in [5, 5.41) is 6.29. The third kappa shape index (κ3) is 2.12. The molecule has 0 amide bonds. The monoisotopic (exact) mass is 154 g/mol. The second-order valence-corrected chi connectivity index (χ2v) is 2.77. The Morgan fingerprint density at radius 1 is 1.82 bits per heavy atom. The molecule has 11 heavy (non-hydrogen) atoms. The third-order valence-corrected chi connectivity index (χ3v) is 2.00. The van der Waals surface area contributed by atoms with Gasteiger partial charge in [0.25, 0.3) is 0 Å². The van der Waals surface area contributed by atoms with Crippen molar-refractivity contribution in [2.24, 2.45) is 5.18 Å². The lowest BCUT2D eigenvalue weighted by molar-refractivity contribution is 0.627. The quantitative estimate of drug-likeness (QED) is 0.493. The highest BCUT2D eigenvalue weighted by atomic mass is 16.3. The molecule has 1 aliphatic rings. The van der Waals surface area contributed by atoms with Crippen molar-refractivity contribution >= 4 is 0 Å². The van der Waals surface area contributed by atoms with Gasteiger partial charge in [-0.3, -0.25) is 0 Å². The Morgan fingerprint density at radius 3 is 3.09 bits per heavy atom. The summed E-state index contributed by atoms with van der Waals surface area (Å²) in [4.78, 5) is 10.3. The number of hydrogen-bond donors (Lipinski definition) is 1. The molecule has 0 aromatic heterocycles. The first kappa shape index (κ1) is 8.40. The van der Waals surface area contributed by atoms with Crippen LogP contribution in [0.2, 0.25) is 0 Å². The van der Waals surface area contributed by atoms with E-state index in [0.29, 0.717) is 0 Å². The van der Waals surface area contributed by atoms with Gasteiger partial charge in [0.1, 0.15) is 6.04 Å². The first-order chi connectivity index (χ1) is 5.38. The smallest absolute Gasteiger partial charge is 0.114 e. The summed E-state index contributed by atoms with van der Waals surface area (Å²) in [6.45, 7) is 3.85. The highest BCUT2D eigenvalue weighted by Crippen LogP contribution is 2.12. The van der Waals surface area contributed by atoms with Gasteiger partial charge in [-0.1, -0.05) is 18.2 Å². The highest BCUT2D eigenvalue weighted by Gasteiger charge is 2.13. The fraction of sp³-hybridized carbons (Fsp3) is 0.750. The number of nitrogens with one attached hydrogen (secondary N) is 1. The van der Waals surface area contributed by atoms with Crippen molar-refractivity contribution in [1.82, 2.24) is 5.32 Å². The molecule has 0 spiro atoms. The average Bonchev–Trinajstić information content (AvgIpc) is 2.09. The molecule has 0 aromatic rings. The Balaban J connectivity index is 2.55. The van der Waals surface area contributed by atoms with Crippen LogP contribution in [-0.4, -0.2) is 19.1 Å². The number of hydrogen-bond acceptors (Lipinski definition) is 3. The van der Waals surface area contributed by atoms with Gasteiger partial charge in [0.15, 0.2) is 0 Å². The maximum atomic E-state index is 10.3. The molecule has 1 N–H and O–H groups in total. The molecule has 1 aliphatic heterocycles. The zero-order valence-electron chi connectivity index (χ0n) is 6.84. The van der Waals surface area contributed by atoms with E-state index in [1.807, 2.05) is 6.92 Å². The number of nitrogens with zero attached hydrogens (tertiary/aromatic N) is 1. The molecule has 62 valence electrons. The van der Waals surface area contributed by atoms with Crippen LogP contribution >= 0.6 is 0 Å². The molecule has 1 rings (SSSR count). The summed E-state index contributed by atoms with van der Waals surface area (Å²) in [5.74, 6) is 0. The standard InChI is InChI=1S/C8H14N2O/c1-2-8(10-11)7-4-3-5-9-6-7/h4,8-9H,2-3,5-6H2,1H3. The van der Waals surface area contributed by atoms with E-state index in [1.54, 1.807) is 0 Å². The third-order valence-electron chi connectivity index (χ3n) is 2.00. The van der Waals surface area contributed by atoms with Gasteiger partial charge in [-0.2, -0.15) is 4.91 Å². The van der Waals surface area contributed by atoms with Crippen molar-refractivity contribution in [3.63, 3.8) is 0 Å². The molecule has 0 fully saturated rings. The molecule has 0 aliphatic carbocycles. The first-order valence-electron chi connectivity index (χ1n) is 4.10. The Labute approximate surface area is 66.8 Å². The summed E-state index contributed by atoms with van der Waals surface area (Å²) in [6, 6.07) is -0.0946. The summed E-state index contributed by atoms with van der Waals surface area (Å²) >= 11 is 0. The largest absolute Gasteiger partial charge is 0.313 e. The molecule has 0 aromatic carbocycles. The number of nitroso groups, excluding NO2 is 1. The number of rotatable bonds is 3. The molecule has 0 saturated carbocycles. The maximum Gasteiger partial charge on any atom is 0.114 e. The van der Waals surface area contributed by atoms with Crippen molar-refractivity contribution < 1.29 is 0 Å². The molecular weight excluding hydrogens is 140 g/mol. The van der Waals surface area contributed by atoms with E-state index in [2.05, 4.69) is 16.6 Å². The molecule has 1 unspecified atom stereocenters. The van der Waals surface area contributed by atoms with Crippen molar-refractivity contribution in [2.45, 2.75) is 25.8 Å². The fourth-order valence-electron chi connectivity index (χ4n) is 1.32. The van der Waals surface area contributed by atoms with Crippen molar-refractivity contribution in [2.75, 3.05) is 13.1 Å². The first-order valence-corrected chi connectivity index (χ1v) is 4.10. The van der Waals surface area contributed by atoms with Crippen LogP contribution in [0.4, 0.5) is 0 Å². The van der Waals surface area contributed by atoms with E-state index in [1.165, 1.54) is 0 Å². The van der Waals surface area contributed by atoms with E-state index in [9.17, 15) is 4.91 Å². The molecule has 0 bridgehead atoms. The van der Waals surface area contributed by atoms with Gasteiger partial charge in [0.2, 0.25) is 0 Å². The van der Waals surface area contributed by atoms with Gasteiger partial charge < -0.3 is 5.32 Å². The van der Waals surface area contributed by atoms with Gasteiger partial charge in [-0.15, -0.1) is 0 Å². The Hall–Kier alpha value is -0.700. The summed E-state index contributed by atoms with van der Waals surface area (Å²) in [5.41, 5.74) is 1.16. The van der Waals surface area contributed by atoms with Crippen LogP contribution in [0.1, 0.15) is 19.8 Å². The van der Waals surface area contributed by atoms with E-state index in [-0.39, 0.29) is 6.04 Å². The maximum absolute atomic E-state index is 10.3. The lowest BCUT2D eigenvalue weighted by Crippen LogP contribution is -2.27. The lowest BCUT2D eigenvalue weighted by atomic mass is 10.0. The zero-order chi connectivity index (χ0) is 8.10. The van der Waals surface area contributed by atoms with Crippen LogP contribution in [0.5, 0.6) is 0 Å². The second kappa shape index (κ2) is 4.23. The molecule has 1 atom stereocenters. The minimum Gasteiger partial charge on any atom is -0.313 e. The fourth-order valence-corrected chi connectivity index (χ4v) is 1.32. The van der Waals surface area contributed by atoms with Gasteiger partial charge in [-0.05, 0) is 25.0 Å². The summed E-state index contributed by atoms with van der Waals surface area (Å²) in [7, 11) is 0. The van der Waals surface area contributed by atoms with E-state index in [4.69, 9.17) is 0 Å². The van der Waals surface area contributed by atoms with Crippen LogP contribution in [0.15, 0.2) is 16.8 Å². The summed E-state index contributed by atoms with van der Waals surface area (Å²) < 4.78 is 0. The minimum atomic E-state index is -0.0946. The van der Waals surface area contributed by atoms with Gasteiger partial charge in [-0.25, -0.2) is 0 Å². The van der Waals surface area contributed by atoms with Gasteiger partial charge >= 0.3 is 0 Å². The molecule has 1 heterocycles. The SMILES string of the molecule is CCC(N=O)C1=CCCNC1. The average molecular weight is 154 g/mol. The predicted molar refractivity (Wildman–Crippen MR) is 45.4 cm³/mol. The predicted octanol–water partition coefficient (Wildman–Crippen LogP) is 1.45. The van der Waals surface area contributed by atoms with Crippen molar-refractivity contribution in [3.05, 3.63) is 16.6 Å². The van der Waals surface area contributed by atoms with Crippen molar-refractivity contribution in [1.29, 1.82) is 0 Å². The highest BCUT2D eigenvalue weighted by molar-refractivity contribution is 5.14. The molecule has 0 saturated heterocycles. The van der Waals surface area contributed by atoms with E-state index < -0.39 is 0 Å². The zero-order valence-corrected chi connectivity index (χ0v) is 6.84. The van der Waals surface area contributed by atoms with Crippen LogP contribution in [0.25, 0.3) is 0 Å². The molecule has 3 heteroatoms. The molecular formula is C8H14N2O. The van der Waals surface area contributed by atoms with Gasteiger partial charge in [0, 0.05) is 6.54 Å². The Bertz CT molecular complexity index is 165.